The van der Waals surface area contributed by atoms with E-state index in [0.717, 1.165) is 22.1 Å². The largest absolute Gasteiger partial charge is 0.497 e. The van der Waals surface area contributed by atoms with Gasteiger partial charge in [-0.15, -0.1) is 0 Å². The molecule has 10 nitrogen and oxygen atoms in total. The number of aromatic nitrogens is 4. The Labute approximate surface area is 230 Å². The molecule has 12 heteroatoms. The summed E-state index contributed by atoms with van der Waals surface area (Å²) >= 11 is 0. The smallest absolute Gasteiger partial charge is 0.488 e. The minimum Gasteiger partial charge on any atom is -0.497 e. The van der Waals surface area contributed by atoms with Crippen molar-refractivity contribution in [2.24, 2.45) is 0 Å². The van der Waals surface area contributed by atoms with Crippen LogP contribution in [0.25, 0.3) is 33.4 Å². The highest BCUT2D eigenvalue weighted by molar-refractivity contribution is 6.58. The molecule has 0 radical (unpaired) electrons. The third-order valence-electron chi connectivity index (χ3n) is 5.70. The summed E-state index contributed by atoms with van der Waals surface area (Å²) in [6.45, 7) is 0. The lowest BCUT2D eigenvalue weighted by molar-refractivity contribution is 0.413. The van der Waals surface area contributed by atoms with Gasteiger partial charge in [-0.1, -0.05) is 48.5 Å². The van der Waals surface area contributed by atoms with Gasteiger partial charge in [0.1, 0.15) is 11.5 Å². The first-order valence-corrected chi connectivity index (χ1v) is 12.2. The summed E-state index contributed by atoms with van der Waals surface area (Å²) in [7, 11) is 0.316. The maximum atomic E-state index is 8.70. The predicted octanol–water partition coefficient (Wildman–Crippen LogP) is 1.48. The van der Waals surface area contributed by atoms with Gasteiger partial charge in [-0.2, -0.15) is 0 Å². The average Bonchev–Trinajstić information content (AvgIpc) is 2.99. The van der Waals surface area contributed by atoms with Gasteiger partial charge in [-0.3, -0.25) is 0 Å². The van der Waals surface area contributed by atoms with E-state index in [2.05, 4.69) is 19.9 Å². The van der Waals surface area contributed by atoms with Crippen LogP contribution in [0.1, 0.15) is 0 Å². The number of fused-ring (bicyclic) bond motifs is 3. The lowest BCUT2D eigenvalue weighted by Gasteiger charge is -2.01. The zero-order valence-corrected chi connectivity index (χ0v) is 21.8. The molecule has 0 aliphatic carbocycles. The first-order valence-electron chi connectivity index (χ1n) is 12.2. The van der Waals surface area contributed by atoms with E-state index in [0.29, 0.717) is 33.7 Å². The minimum atomic E-state index is -1.40. The molecule has 2 heterocycles. The molecule has 0 aliphatic heterocycles. The number of ether oxygens (including phenoxy) is 2. The van der Waals surface area contributed by atoms with Crippen molar-refractivity contribution in [2.45, 2.75) is 0 Å². The van der Waals surface area contributed by atoms with Crippen molar-refractivity contribution in [3.8, 4) is 11.5 Å². The molecule has 0 fully saturated rings. The molecule has 0 saturated heterocycles. The maximum Gasteiger partial charge on any atom is 0.488 e. The highest BCUT2D eigenvalue weighted by atomic mass is 16.5. The van der Waals surface area contributed by atoms with E-state index in [1.807, 2.05) is 48.5 Å². The molecule has 0 unspecified atom stereocenters. The summed E-state index contributed by atoms with van der Waals surface area (Å²) < 4.78 is 9.77. The van der Waals surface area contributed by atoms with Crippen molar-refractivity contribution >= 4 is 58.5 Å². The number of rotatable bonds is 4. The van der Waals surface area contributed by atoms with Gasteiger partial charge in [-0.25, -0.2) is 19.9 Å². The summed E-state index contributed by atoms with van der Waals surface area (Å²) in [4.78, 5) is 18.0. The van der Waals surface area contributed by atoms with Gasteiger partial charge >= 0.3 is 14.2 Å². The highest BCUT2D eigenvalue weighted by Crippen LogP contribution is 2.16. The van der Waals surface area contributed by atoms with Crippen LogP contribution in [0.4, 0.5) is 0 Å². The topological polar surface area (TPSA) is 151 Å². The van der Waals surface area contributed by atoms with Crippen molar-refractivity contribution < 1.29 is 29.6 Å². The quantitative estimate of drug-likeness (QED) is 0.193. The molecule has 0 saturated carbocycles. The third kappa shape index (κ3) is 7.28. The third-order valence-corrected chi connectivity index (χ3v) is 5.70. The van der Waals surface area contributed by atoms with E-state index >= 15 is 0 Å². The second-order valence-corrected chi connectivity index (χ2v) is 8.37. The lowest BCUT2D eigenvalue weighted by atomic mass is 9.80. The van der Waals surface area contributed by atoms with Gasteiger partial charge in [0.25, 0.3) is 0 Å². The average molecular weight is 536 g/mol. The molecule has 4 aromatic carbocycles. The number of hydrogen-bond donors (Lipinski definition) is 4. The first-order chi connectivity index (χ1) is 19.4. The molecule has 6 aromatic rings. The van der Waals surface area contributed by atoms with Gasteiger partial charge in [-0.05, 0) is 59.5 Å². The Bertz CT molecular complexity index is 1490. The number of hydrogen-bond acceptors (Lipinski definition) is 10. The number of benzene rings is 4. The molecule has 4 N–H and O–H groups in total. The maximum absolute atomic E-state index is 8.70. The Morgan fingerprint density at radius 2 is 0.725 bits per heavy atom. The van der Waals surface area contributed by atoms with E-state index in [9.17, 15) is 0 Å². The molecule has 0 spiro atoms. The van der Waals surface area contributed by atoms with Crippen LogP contribution in [-0.4, -0.2) is 68.5 Å². The molecule has 2 aromatic heterocycles. The molecule has 0 bridgehead atoms. The van der Waals surface area contributed by atoms with Gasteiger partial charge in [0, 0.05) is 0 Å². The molecular weight excluding hydrogens is 510 g/mol. The fourth-order valence-electron chi connectivity index (χ4n) is 3.56. The van der Waals surface area contributed by atoms with Crippen LogP contribution < -0.4 is 20.4 Å². The molecular formula is C28H26B2N4O6. The van der Waals surface area contributed by atoms with Gasteiger partial charge < -0.3 is 29.6 Å². The molecule has 0 aliphatic rings. The van der Waals surface area contributed by atoms with Gasteiger partial charge in [0.2, 0.25) is 0 Å². The summed E-state index contributed by atoms with van der Waals surface area (Å²) in [6.07, 6.45) is 0. The standard InChI is InChI=1S/C14H8N4.2C7H9BO3/c1-2-6-10-9(5-1)15-13-14(16-10)18-12-8-4-3-7-11(12)17-13;2*1-11-7-4-2-6(3-5-7)8(9)10/h1-8H;2*2-5,9-10H,1H3. The number of methoxy groups -OCH3 is 2. The fourth-order valence-corrected chi connectivity index (χ4v) is 3.56. The summed E-state index contributed by atoms with van der Waals surface area (Å²) in [6, 6.07) is 28.6. The molecule has 40 heavy (non-hydrogen) atoms. The zero-order chi connectivity index (χ0) is 28.5. The van der Waals surface area contributed by atoms with Crippen LogP contribution in [-0.2, 0) is 0 Å². The van der Waals surface area contributed by atoms with Crippen molar-refractivity contribution in [2.75, 3.05) is 14.2 Å². The number of para-hydroxylation sites is 4. The second kappa shape index (κ2) is 13.5. The Kier molecular flexibility index (Phi) is 9.55. The first kappa shape index (κ1) is 28.4. The molecule has 0 amide bonds. The van der Waals surface area contributed by atoms with E-state index in [4.69, 9.17) is 29.6 Å². The van der Waals surface area contributed by atoms with Crippen LogP contribution >= 0.6 is 0 Å². The van der Waals surface area contributed by atoms with Gasteiger partial charge in [0.05, 0.1) is 36.3 Å². The Balaban J connectivity index is 0.000000147. The van der Waals surface area contributed by atoms with Crippen LogP contribution in [0.5, 0.6) is 11.5 Å². The molecule has 0 atom stereocenters. The highest BCUT2D eigenvalue weighted by Gasteiger charge is 2.10. The van der Waals surface area contributed by atoms with E-state index in [1.165, 1.54) is 0 Å². The second-order valence-electron chi connectivity index (χ2n) is 8.37. The van der Waals surface area contributed by atoms with Gasteiger partial charge in [0.15, 0.2) is 11.3 Å². The van der Waals surface area contributed by atoms with Crippen LogP contribution in [0.2, 0.25) is 0 Å². The van der Waals surface area contributed by atoms with E-state index < -0.39 is 14.2 Å². The van der Waals surface area contributed by atoms with Crippen LogP contribution in [0.3, 0.4) is 0 Å². The monoisotopic (exact) mass is 536 g/mol. The number of nitrogens with zero attached hydrogens (tertiary/aromatic N) is 4. The molecule has 200 valence electrons. The van der Waals surface area contributed by atoms with Crippen molar-refractivity contribution in [1.29, 1.82) is 0 Å². The van der Waals surface area contributed by atoms with Crippen molar-refractivity contribution in [1.82, 2.24) is 19.9 Å². The Morgan fingerprint density at radius 3 is 0.950 bits per heavy atom. The van der Waals surface area contributed by atoms with Crippen molar-refractivity contribution in [3.05, 3.63) is 97.1 Å². The lowest BCUT2D eigenvalue weighted by Crippen LogP contribution is -2.29. The van der Waals surface area contributed by atoms with Crippen molar-refractivity contribution in [3.63, 3.8) is 0 Å². The summed E-state index contributed by atoms with van der Waals surface area (Å²) in [5.41, 5.74) is 5.48. The summed E-state index contributed by atoms with van der Waals surface area (Å²) in [5, 5.41) is 34.8. The van der Waals surface area contributed by atoms with E-state index in [1.54, 1.807) is 62.8 Å². The Morgan fingerprint density at radius 1 is 0.450 bits per heavy atom. The minimum absolute atomic E-state index is 0.464. The van der Waals surface area contributed by atoms with Crippen LogP contribution in [0, 0.1) is 0 Å². The SMILES string of the molecule is COc1ccc(B(O)O)cc1.COc1ccc(B(O)O)cc1.c1ccc2nc3nc4ccccc4nc3nc2c1. The Hall–Kier alpha value is -4.61. The van der Waals surface area contributed by atoms with Crippen LogP contribution in [0.15, 0.2) is 97.1 Å². The molecule has 6 rings (SSSR count). The zero-order valence-electron chi connectivity index (χ0n) is 21.8. The summed E-state index contributed by atoms with van der Waals surface area (Å²) in [5.74, 6) is 1.41. The van der Waals surface area contributed by atoms with E-state index in [-0.39, 0.29) is 0 Å². The predicted molar refractivity (Wildman–Crippen MR) is 156 cm³/mol. The normalized spacial score (nSPS) is 10.2. The fraction of sp³-hybridized carbons (Fsp3) is 0.0714.